The van der Waals surface area contributed by atoms with E-state index in [1.54, 1.807) is 14.0 Å². The molecule has 0 unspecified atom stereocenters. The molecule has 1 aliphatic carbocycles. The zero-order valence-corrected chi connectivity index (χ0v) is 12.3. The Morgan fingerprint density at radius 2 is 2.16 bits per heavy atom. The number of hydrogen-bond donors (Lipinski definition) is 0. The van der Waals surface area contributed by atoms with Gasteiger partial charge in [0.2, 0.25) is 0 Å². The van der Waals surface area contributed by atoms with E-state index in [9.17, 15) is 9.59 Å². The fourth-order valence-corrected chi connectivity index (χ4v) is 3.87. The Morgan fingerprint density at radius 1 is 1.47 bits per heavy atom. The van der Waals surface area contributed by atoms with Crippen LogP contribution < -0.4 is 0 Å². The van der Waals surface area contributed by atoms with E-state index < -0.39 is 5.41 Å². The van der Waals surface area contributed by atoms with Crippen LogP contribution in [0.4, 0.5) is 0 Å². The predicted molar refractivity (Wildman–Crippen MR) is 70.6 cm³/mol. The normalized spacial score (nSPS) is 42.2. The van der Waals surface area contributed by atoms with E-state index in [-0.39, 0.29) is 23.3 Å². The highest BCUT2D eigenvalue weighted by Crippen LogP contribution is 2.59. The van der Waals surface area contributed by atoms with Crippen molar-refractivity contribution in [3.63, 3.8) is 0 Å². The molecule has 1 aliphatic heterocycles. The third kappa shape index (κ3) is 2.05. The lowest BCUT2D eigenvalue weighted by Crippen LogP contribution is -2.55. The summed E-state index contributed by atoms with van der Waals surface area (Å²) in [5.74, 6) is 0.722. The van der Waals surface area contributed by atoms with Crippen molar-refractivity contribution in [3.05, 3.63) is 0 Å². The van der Waals surface area contributed by atoms with Gasteiger partial charge in [-0.05, 0) is 25.7 Å². The molecular weight excluding hydrogens is 244 g/mol. The van der Waals surface area contributed by atoms with Crippen molar-refractivity contribution in [2.45, 2.75) is 52.7 Å². The van der Waals surface area contributed by atoms with Gasteiger partial charge in [-0.3, -0.25) is 4.79 Å². The molecule has 4 nitrogen and oxygen atoms in total. The van der Waals surface area contributed by atoms with Crippen molar-refractivity contribution >= 4 is 11.6 Å². The molecule has 19 heavy (non-hydrogen) atoms. The number of methoxy groups -OCH3 is 1. The van der Waals surface area contributed by atoms with Gasteiger partial charge in [0.15, 0.2) is 6.29 Å². The molecule has 0 aromatic rings. The minimum atomic E-state index is -0.529. The van der Waals surface area contributed by atoms with Crippen LogP contribution in [-0.2, 0) is 19.1 Å². The summed E-state index contributed by atoms with van der Waals surface area (Å²) < 4.78 is 11.2. The zero-order chi connectivity index (χ0) is 14.3. The van der Waals surface area contributed by atoms with Crippen molar-refractivity contribution in [1.82, 2.24) is 0 Å². The highest BCUT2D eigenvalue weighted by atomic mass is 16.7. The van der Waals surface area contributed by atoms with Crippen molar-refractivity contribution < 1.29 is 19.1 Å². The molecule has 1 saturated heterocycles. The standard InChI is InChI=1S/C15H24O4/c1-10(16)7-8-14(2)12(17)6-5-11-9-19-13(18-4)15(11,14)3/h11,13H,5-9H2,1-4H3/t11-,13-,14-,15+/m0/s1. The van der Waals surface area contributed by atoms with Gasteiger partial charge in [-0.15, -0.1) is 0 Å². The second-order valence-corrected chi connectivity index (χ2v) is 6.38. The third-order valence-electron chi connectivity index (χ3n) is 5.50. The summed E-state index contributed by atoms with van der Waals surface area (Å²) in [4.78, 5) is 23.8. The number of Topliss-reactive ketones (excluding diaryl/α,β-unsaturated/α-hetero) is 2. The molecule has 1 saturated carbocycles. The van der Waals surface area contributed by atoms with Crippen LogP contribution in [0.5, 0.6) is 0 Å². The lowest BCUT2D eigenvalue weighted by molar-refractivity contribution is -0.189. The first-order valence-electron chi connectivity index (χ1n) is 7.03. The molecule has 2 fully saturated rings. The molecule has 108 valence electrons. The Bertz CT molecular complexity index is 384. The number of ketones is 2. The maximum absolute atomic E-state index is 12.5. The van der Waals surface area contributed by atoms with Gasteiger partial charge < -0.3 is 14.3 Å². The molecule has 0 N–H and O–H groups in total. The average molecular weight is 268 g/mol. The molecule has 4 heteroatoms. The van der Waals surface area contributed by atoms with Gasteiger partial charge in [0.1, 0.15) is 11.6 Å². The van der Waals surface area contributed by atoms with E-state index in [1.807, 2.05) is 6.92 Å². The van der Waals surface area contributed by atoms with Gasteiger partial charge >= 0.3 is 0 Å². The number of carbonyl (C=O) groups excluding carboxylic acids is 2. The Morgan fingerprint density at radius 3 is 2.74 bits per heavy atom. The molecule has 2 aliphatic rings. The van der Waals surface area contributed by atoms with Crippen LogP contribution in [0.1, 0.15) is 46.5 Å². The van der Waals surface area contributed by atoms with Gasteiger partial charge in [0.05, 0.1) is 6.61 Å². The van der Waals surface area contributed by atoms with E-state index in [0.29, 0.717) is 31.8 Å². The monoisotopic (exact) mass is 268 g/mol. The van der Waals surface area contributed by atoms with Crippen LogP contribution in [0, 0.1) is 16.7 Å². The summed E-state index contributed by atoms with van der Waals surface area (Å²) in [6.07, 6.45) is 2.15. The number of hydrogen-bond acceptors (Lipinski definition) is 4. The number of rotatable bonds is 4. The highest BCUT2D eigenvalue weighted by Gasteiger charge is 2.63. The average Bonchev–Trinajstić information content (AvgIpc) is 2.70. The summed E-state index contributed by atoms with van der Waals surface area (Å²) in [5.41, 5.74) is -0.856. The molecule has 0 spiro atoms. The van der Waals surface area contributed by atoms with Crippen LogP contribution in [0.3, 0.4) is 0 Å². The molecule has 2 rings (SSSR count). The lowest BCUT2D eigenvalue weighted by atomic mass is 9.51. The van der Waals surface area contributed by atoms with Crippen molar-refractivity contribution in [2.24, 2.45) is 16.7 Å². The Hall–Kier alpha value is -0.740. The van der Waals surface area contributed by atoms with Crippen LogP contribution in [0.15, 0.2) is 0 Å². The van der Waals surface area contributed by atoms with Crippen LogP contribution in [0.2, 0.25) is 0 Å². The van der Waals surface area contributed by atoms with Gasteiger partial charge in [-0.2, -0.15) is 0 Å². The molecule has 1 heterocycles. The van der Waals surface area contributed by atoms with E-state index in [0.717, 1.165) is 6.42 Å². The zero-order valence-electron chi connectivity index (χ0n) is 12.3. The van der Waals surface area contributed by atoms with Crippen LogP contribution in [-0.4, -0.2) is 31.6 Å². The fraction of sp³-hybridized carbons (Fsp3) is 0.867. The van der Waals surface area contributed by atoms with E-state index >= 15 is 0 Å². The minimum Gasteiger partial charge on any atom is -0.355 e. The number of fused-ring (bicyclic) bond motifs is 1. The first kappa shape index (κ1) is 14.7. The van der Waals surface area contributed by atoms with Gasteiger partial charge in [0.25, 0.3) is 0 Å². The number of carbonyl (C=O) groups is 2. The number of ether oxygens (including phenoxy) is 2. The maximum atomic E-state index is 12.5. The first-order chi connectivity index (χ1) is 8.86. The molecule has 0 aromatic heterocycles. The second kappa shape index (κ2) is 4.98. The smallest absolute Gasteiger partial charge is 0.163 e. The quantitative estimate of drug-likeness (QED) is 0.785. The van der Waals surface area contributed by atoms with Crippen molar-refractivity contribution in [1.29, 1.82) is 0 Å². The summed E-state index contributed by atoms with van der Waals surface area (Å²) in [6.45, 7) is 6.31. The van der Waals surface area contributed by atoms with E-state index in [1.165, 1.54) is 0 Å². The Balaban J connectivity index is 2.35. The van der Waals surface area contributed by atoms with Gasteiger partial charge in [-0.25, -0.2) is 0 Å². The first-order valence-corrected chi connectivity index (χ1v) is 7.03. The largest absolute Gasteiger partial charge is 0.355 e. The fourth-order valence-electron chi connectivity index (χ4n) is 3.87. The minimum absolute atomic E-state index is 0.132. The van der Waals surface area contributed by atoms with Crippen LogP contribution >= 0.6 is 0 Å². The van der Waals surface area contributed by atoms with Gasteiger partial charge in [-0.1, -0.05) is 13.8 Å². The van der Waals surface area contributed by atoms with E-state index in [4.69, 9.17) is 9.47 Å². The molecule has 0 radical (unpaired) electrons. The summed E-state index contributed by atoms with van der Waals surface area (Å²) >= 11 is 0. The Kier molecular flexibility index (Phi) is 3.85. The van der Waals surface area contributed by atoms with Gasteiger partial charge in [0, 0.05) is 30.8 Å². The Labute approximate surface area is 114 Å². The lowest BCUT2D eigenvalue weighted by Gasteiger charge is -2.51. The highest BCUT2D eigenvalue weighted by molar-refractivity contribution is 5.87. The van der Waals surface area contributed by atoms with Crippen molar-refractivity contribution in [2.75, 3.05) is 13.7 Å². The topological polar surface area (TPSA) is 52.6 Å². The molecular formula is C15H24O4. The summed E-state index contributed by atoms with van der Waals surface area (Å²) in [5, 5.41) is 0. The third-order valence-corrected chi connectivity index (χ3v) is 5.50. The summed E-state index contributed by atoms with van der Waals surface area (Å²) in [6, 6.07) is 0. The molecule has 4 atom stereocenters. The molecule has 0 amide bonds. The van der Waals surface area contributed by atoms with E-state index in [2.05, 4.69) is 6.92 Å². The predicted octanol–water partition coefficient (Wildman–Crippen LogP) is 2.35. The van der Waals surface area contributed by atoms with Crippen LogP contribution in [0.25, 0.3) is 0 Å². The SMILES string of the molecule is CO[C@H]1OC[C@@H]2CCC(=O)[C@](C)(CCC(C)=O)[C@]21C. The summed E-state index contributed by atoms with van der Waals surface area (Å²) in [7, 11) is 1.63. The van der Waals surface area contributed by atoms with Crippen molar-refractivity contribution in [3.8, 4) is 0 Å². The molecule has 0 bridgehead atoms. The molecule has 0 aromatic carbocycles. The maximum Gasteiger partial charge on any atom is 0.163 e. The second-order valence-electron chi connectivity index (χ2n) is 6.38.